The number of aromatic amines is 1. The summed E-state index contributed by atoms with van der Waals surface area (Å²) in [6, 6.07) is 14.1. The number of aromatic nitrogens is 4. The van der Waals surface area contributed by atoms with Crippen LogP contribution in [0.5, 0.6) is 0 Å². The van der Waals surface area contributed by atoms with E-state index in [1.807, 2.05) is 30.5 Å². The second-order valence-electron chi connectivity index (χ2n) is 6.16. The summed E-state index contributed by atoms with van der Waals surface area (Å²) in [5, 5.41) is 8.45. The predicted molar refractivity (Wildman–Crippen MR) is 91.6 cm³/mol. The number of anilines is 1. The minimum atomic E-state index is 0.0141. The number of hydrogen-bond acceptors (Lipinski definition) is 3. The highest BCUT2D eigenvalue weighted by Crippen LogP contribution is 2.30. The lowest BCUT2D eigenvalue weighted by Crippen LogP contribution is -2.14. The number of nitrogens with zero attached hydrogens (tertiary/aromatic N) is 3. The van der Waals surface area contributed by atoms with Gasteiger partial charge in [0.2, 0.25) is 11.9 Å². The summed E-state index contributed by atoms with van der Waals surface area (Å²) >= 11 is 0. The predicted octanol–water partition coefficient (Wildman–Crippen LogP) is 3.23. The van der Waals surface area contributed by atoms with Gasteiger partial charge in [-0.15, -0.1) is 5.10 Å². The quantitative estimate of drug-likeness (QED) is 0.609. The van der Waals surface area contributed by atoms with Gasteiger partial charge in [0.05, 0.1) is 5.69 Å². The lowest BCUT2D eigenvalue weighted by atomic mass is 10.1. The smallest absolute Gasteiger partial charge is 0.249 e. The molecule has 118 valence electrons. The van der Waals surface area contributed by atoms with Gasteiger partial charge in [-0.05, 0) is 42.5 Å². The fourth-order valence-corrected chi connectivity index (χ4v) is 2.94. The molecule has 1 fully saturated rings. The van der Waals surface area contributed by atoms with Gasteiger partial charge >= 0.3 is 0 Å². The van der Waals surface area contributed by atoms with Crippen molar-refractivity contribution >= 4 is 28.4 Å². The first-order chi connectivity index (χ1) is 11.8. The minimum absolute atomic E-state index is 0.0141. The largest absolute Gasteiger partial charge is 0.361 e. The van der Waals surface area contributed by atoms with Crippen molar-refractivity contribution in [1.82, 2.24) is 19.6 Å². The van der Waals surface area contributed by atoms with E-state index in [0.717, 1.165) is 29.6 Å². The molecule has 24 heavy (non-hydrogen) atoms. The fraction of sp³-hybridized carbons (Fsp3) is 0.167. The van der Waals surface area contributed by atoms with E-state index in [4.69, 9.17) is 0 Å². The summed E-state index contributed by atoms with van der Waals surface area (Å²) in [6.45, 7) is 0. The van der Waals surface area contributed by atoms with Gasteiger partial charge in [0.25, 0.3) is 0 Å². The fourth-order valence-electron chi connectivity index (χ4n) is 2.94. The zero-order chi connectivity index (χ0) is 16.1. The molecule has 3 aromatic heterocycles. The summed E-state index contributed by atoms with van der Waals surface area (Å²) in [6.07, 6.45) is 3.84. The lowest BCUT2D eigenvalue weighted by Gasteiger charge is -2.04. The molecule has 6 heteroatoms. The normalized spacial score (nSPS) is 14.3. The average molecular weight is 317 g/mol. The van der Waals surface area contributed by atoms with Gasteiger partial charge in [-0.1, -0.05) is 18.2 Å². The zero-order valence-corrected chi connectivity index (χ0v) is 12.9. The summed E-state index contributed by atoms with van der Waals surface area (Å²) in [7, 11) is 0. The van der Waals surface area contributed by atoms with Crippen molar-refractivity contribution in [2.24, 2.45) is 5.92 Å². The molecule has 1 aliphatic rings. The third-order valence-corrected chi connectivity index (χ3v) is 4.39. The van der Waals surface area contributed by atoms with Crippen molar-refractivity contribution in [2.75, 3.05) is 5.32 Å². The molecule has 5 rings (SSSR count). The van der Waals surface area contributed by atoms with E-state index in [2.05, 4.69) is 38.6 Å². The van der Waals surface area contributed by atoms with Crippen LogP contribution in [0.25, 0.3) is 27.8 Å². The Kier molecular flexibility index (Phi) is 2.73. The van der Waals surface area contributed by atoms with E-state index in [1.54, 1.807) is 4.52 Å². The van der Waals surface area contributed by atoms with E-state index in [9.17, 15) is 4.79 Å². The molecular formula is C18H15N5O. The monoisotopic (exact) mass is 317 g/mol. The molecule has 1 aromatic carbocycles. The van der Waals surface area contributed by atoms with Crippen LogP contribution in [0.2, 0.25) is 0 Å². The van der Waals surface area contributed by atoms with Crippen molar-refractivity contribution in [3.63, 3.8) is 0 Å². The third kappa shape index (κ3) is 2.15. The highest BCUT2D eigenvalue weighted by atomic mass is 16.2. The molecule has 0 bridgehead atoms. The zero-order valence-electron chi connectivity index (χ0n) is 12.9. The molecule has 1 saturated carbocycles. The van der Waals surface area contributed by atoms with Crippen LogP contribution in [0.15, 0.2) is 48.7 Å². The average Bonchev–Trinajstić information content (AvgIpc) is 3.20. The van der Waals surface area contributed by atoms with E-state index >= 15 is 0 Å². The van der Waals surface area contributed by atoms with Crippen molar-refractivity contribution in [3.05, 3.63) is 48.7 Å². The molecule has 6 nitrogen and oxygen atoms in total. The van der Waals surface area contributed by atoms with E-state index in [0.29, 0.717) is 11.6 Å². The Morgan fingerprint density at radius 3 is 3.00 bits per heavy atom. The van der Waals surface area contributed by atoms with E-state index < -0.39 is 0 Å². The topological polar surface area (TPSA) is 75.1 Å². The molecule has 1 aliphatic carbocycles. The van der Waals surface area contributed by atoms with Crippen LogP contribution >= 0.6 is 0 Å². The SMILES string of the molecule is O=C(Nc1nc2cccc(-c3ccc4cc[nH]c4c3)n2n1)C1CC1. The Labute approximate surface area is 137 Å². The number of rotatable bonds is 3. The maximum atomic E-state index is 11.9. The number of carbonyl (C=O) groups excluding carboxylic acids is 1. The van der Waals surface area contributed by atoms with Crippen LogP contribution in [0.1, 0.15) is 12.8 Å². The number of nitrogens with one attached hydrogen (secondary N) is 2. The minimum Gasteiger partial charge on any atom is -0.361 e. The molecule has 2 N–H and O–H groups in total. The first-order valence-electron chi connectivity index (χ1n) is 8.02. The summed E-state index contributed by atoms with van der Waals surface area (Å²) in [5.41, 5.74) is 3.76. The third-order valence-electron chi connectivity index (χ3n) is 4.39. The molecule has 3 heterocycles. The molecular weight excluding hydrogens is 302 g/mol. The Morgan fingerprint density at radius 1 is 1.21 bits per heavy atom. The second kappa shape index (κ2) is 4.92. The molecule has 0 spiro atoms. The summed E-state index contributed by atoms with van der Waals surface area (Å²) < 4.78 is 1.77. The molecule has 0 atom stereocenters. The van der Waals surface area contributed by atoms with Gasteiger partial charge in [-0.25, -0.2) is 4.52 Å². The van der Waals surface area contributed by atoms with Crippen LogP contribution in [0, 0.1) is 5.92 Å². The molecule has 1 amide bonds. The highest BCUT2D eigenvalue weighted by molar-refractivity contribution is 5.92. The number of amides is 1. The summed E-state index contributed by atoms with van der Waals surface area (Å²) in [5.74, 6) is 0.506. The molecule has 0 aliphatic heterocycles. The highest BCUT2D eigenvalue weighted by Gasteiger charge is 2.30. The van der Waals surface area contributed by atoms with Gasteiger partial charge in [-0.3, -0.25) is 10.1 Å². The summed E-state index contributed by atoms with van der Waals surface area (Å²) in [4.78, 5) is 19.6. The van der Waals surface area contributed by atoms with E-state index in [-0.39, 0.29) is 11.8 Å². The van der Waals surface area contributed by atoms with Gasteiger partial charge in [0, 0.05) is 23.2 Å². The van der Waals surface area contributed by atoms with Crippen LogP contribution in [-0.2, 0) is 4.79 Å². The Hall–Kier alpha value is -3.15. The van der Waals surface area contributed by atoms with Gasteiger partial charge < -0.3 is 4.98 Å². The van der Waals surface area contributed by atoms with Crippen LogP contribution < -0.4 is 5.32 Å². The first kappa shape index (κ1) is 13.3. The Bertz CT molecular complexity index is 1070. The van der Waals surface area contributed by atoms with Gasteiger partial charge in [0.1, 0.15) is 0 Å². The number of carbonyl (C=O) groups is 1. The number of benzene rings is 1. The van der Waals surface area contributed by atoms with Gasteiger partial charge in [-0.2, -0.15) is 4.98 Å². The van der Waals surface area contributed by atoms with Crippen molar-refractivity contribution in [1.29, 1.82) is 0 Å². The molecule has 0 saturated heterocycles. The molecule has 4 aromatic rings. The van der Waals surface area contributed by atoms with Crippen molar-refractivity contribution in [2.45, 2.75) is 12.8 Å². The number of H-pyrrole nitrogens is 1. The van der Waals surface area contributed by atoms with Crippen molar-refractivity contribution < 1.29 is 4.79 Å². The maximum absolute atomic E-state index is 11.9. The lowest BCUT2D eigenvalue weighted by molar-refractivity contribution is -0.117. The Morgan fingerprint density at radius 2 is 2.12 bits per heavy atom. The van der Waals surface area contributed by atoms with Crippen LogP contribution in [0.4, 0.5) is 5.95 Å². The number of pyridine rings is 1. The standard InChI is InChI=1S/C18H15N5O/c24-17(12-5-6-12)21-18-20-16-3-1-2-15(23(16)22-18)13-7-4-11-8-9-19-14(11)10-13/h1-4,7-10,12,19H,5-6H2,(H,21,22,24). The maximum Gasteiger partial charge on any atom is 0.249 e. The number of hydrogen-bond donors (Lipinski definition) is 2. The second-order valence-corrected chi connectivity index (χ2v) is 6.16. The van der Waals surface area contributed by atoms with Gasteiger partial charge in [0.15, 0.2) is 5.65 Å². The molecule has 0 unspecified atom stereocenters. The Balaban J connectivity index is 1.59. The van der Waals surface area contributed by atoms with E-state index in [1.165, 1.54) is 5.39 Å². The van der Waals surface area contributed by atoms with Crippen LogP contribution in [0.3, 0.4) is 0 Å². The molecule has 0 radical (unpaired) electrons. The number of fused-ring (bicyclic) bond motifs is 2. The van der Waals surface area contributed by atoms with Crippen LogP contribution in [-0.4, -0.2) is 25.5 Å². The van der Waals surface area contributed by atoms with Crippen molar-refractivity contribution in [3.8, 4) is 11.3 Å². The first-order valence-corrected chi connectivity index (χ1v) is 8.02.